The SMILES string of the molecule is C#CCCNC(=NC)NC(C)C.I. The molecule has 0 aliphatic heterocycles. The Kier molecular flexibility index (Phi) is 11.2. The molecule has 0 bridgehead atoms. The van der Waals surface area contributed by atoms with Crippen LogP contribution >= 0.6 is 24.0 Å². The second-order valence-corrected chi connectivity index (χ2v) is 2.75. The fourth-order valence-electron chi connectivity index (χ4n) is 0.721. The molecule has 0 amide bonds. The molecule has 0 aliphatic carbocycles. The van der Waals surface area contributed by atoms with E-state index in [4.69, 9.17) is 6.42 Å². The number of aliphatic imine (C=N–C) groups is 1. The number of terminal acetylenes is 1. The third-order valence-electron chi connectivity index (χ3n) is 1.21. The minimum absolute atomic E-state index is 0. The molecule has 0 saturated carbocycles. The molecule has 0 atom stereocenters. The van der Waals surface area contributed by atoms with E-state index in [1.54, 1.807) is 7.05 Å². The number of halogens is 1. The van der Waals surface area contributed by atoms with Crippen LogP contribution in [-0.4, -0.2) is 25.6 Å². The molecule has 0 saturated heterocycles. The molecule has 3 nitrogen and oxygen atoms in total. The standard InChI is InChI=1S/C9H17N3.HI/c1-5-6-7-11-9(10-4)12-8(2)3;/h1,8H,6-7H2,2-4H3,(H2,10,11,12);1H. The largest absolute Gasteiger partial charge is 0.355 e. The lowest BCUT2D eigenvalue weighted by Gasteiger charge is -2.13. The molecule has 0 heterocycles. The van der Waals surface area contributed by atoms with Crippen molar-refractivity contribution in [3.8, 4) is 12.3 Å². The summed E-state index contributed by atoms with van der Waals surface area (Å²) in [7, 11) is 1.74. The highest BCUT2D eigenvalue weighted by Gasteiger charge is 1.96. The Morgan fingerprint density at radius 1 is 1.54 bits per heavy atom. The first-order chi connectivity index (χ1) is 5.70. The highest BCUT2D eigenvalue weighted by atomic mass is 127. The predicted octanol–water partition coefficient (Wildman–Crippen LogP) is 1.20. The number of nitrogens with zero attached hydrogens (tertiary/aromatic N) is 1. The van der Waals surface area contributed by atoms with Gasteiger partial charge in [0.25, 0.3) is 0 Å². The average molecular weight is 295 g/mol. The van der Waals surface area contributed by atoms with Gasteiger partial charge in [0.15, 0.2) is 5.96 Å². The van der Waals surface area contributed by atoms with Gasteiger partial charge in [-0.2, -0.15) is 0 Å². The molecule has 2 N–H and O–H groups in total. The fraction of sp³-hybridized carbons (Fsp3) is 0.667. The Morgan fingerprint density at radius 3 is 2.54 bits per heavy atom. The van der Waals surface area contributed by atoms with Crippen LogP contribution < -0.4 is 10.6 Å². The second kappa shape index (κ2) is 9.65. The van der Waals surface area contributed by atoms with E-state index in [0.717, 1.165) is 18.9 Å². The molecule has 0 aliphatic rings. The fourth-order valence-corrected chi connectivity index (χ4v) is 0.721. The Balaban J connectivity index is 0. The molecule has 76 valence electrons. The van der Waals surface area contributed by atoms with E-state index in [1.165, 1.54) is 0 Å². The van der Waals surface area contributed by atoms with Gasteiger partial charge in [-0.15, -0.1) is 36.3 Å². The second-order valence-electron chi connectivity index (χ2n) is 2.75. The zero-order valence-electron chi connectivity index (χ0n) is 8.42. The number of rotatable bonds is 3. The van der Waals surface area contributed by atoms with Crippen LogP contribution in [0, 0.1) is 12.3 Å². The van der Waals surface area contributed by atoms with Gasteiger partial charge < -0.3 is 10.6 Å². The van der Waals surface area contributed by atoms with Gasteiger partial charge >= 0.3 is 0 Å². The van der Waals surface area contributed by atoms with Crippen molar-refractivity contribution in [1.29, 1.82) is 0 Å². The molecule has 0 radical (unpaired) electrons. The lowest BCUT2D eigenvalue weighted by molar-refractivity contribution is 0.701. The Hall–Kier alpha value is -0.440. The van der Waals surface area contributed by atoms with Crippen molar-refractivity contribution in [1.82, 2.24) is 10.6 Å². The van der Waals surface area contributed by atoms with Crippen molar-refractivity contribution in [2.24, 2.45) is 4.99 Å². The first kappa shape index (κ1) is 15.1. The molecule has 13 heavy (non-hydrogen) atoms. The highest BCUT2D eigenvalue weighted by molar-refractivity contribution is 14.0. The molecule has 0 spiro atoms. The van der Waals surface area contributed by atoms with Crippen molar-refractivity contribution >= 4 is 29.9 Å². The van der Waals surface area contributed by atoms with Crippen molar-refractivity contribution in [2.45, 2.75) is 26.3 Å². The summed E-state index contributed by atoms with van der Waals surface area (Å²) in [4.78, 5) is 4.03. The Morgan fingerprint density at radius 2 is 2.15 bits per heavy atom. The maximum absolute atomic E-state index is 5.11. The maximum atomic E-state index is 5.11. The number of guanidine groups is 1. The molecule has 0 aromatic carbocycles. The van der Waals surface area contributed by atoms with Crippen LogP contribution in [-0.2, 0) is 0 Å². The Bertz CT molecular complexity index is 182. The number of hydrogen-bond donors (Lipinski definition) is 2. The molecule has 0 fully saturated rings. The smallest absolute Gasteiger partial charge is 0.191 e. The van der Waals surface area contributed by atoms with E-state index < -0.39 is 0 Å². The topological polar surface area (TPSA) is 36.4 Å². The first-order valence-corrected chi connectivity index (χ1v) is 4.11. The minimum Gasteiger partial charge on any atom is -0.355 e. The van der Waals surface area contributed by atoms with Crippen molar-refractivity contribution in [2.75, 3.05) is 13.6 Å². The summed E-state index contributed by atoms with van der Waals surface area (Å²) in [6.07, 6.45) is 5.83. The summed E-state index contributed by atoms with van der Waals surface area (Å²) in [5.74, 6) is 3.36. The van der Waals surface area contributed by atoms with Gasteiger partial charge in [-0.05, 0) is 13.8 Å². The quantitative estimate of drug-likeness (QED) is 0.270. The molecule has 0 aromatic rings. The molecule has 0 rings (SSSR count). The number of nitrogens with one attached hydrogen (secondary N) is 2. The first-order valence-electron chi connectivity index (χ1n) is 4.11. The molecular formula is C9H18IN3. The zero-order valence-corrected chi connectivity index (χ0v) is 10.8. The van der Waals surface area contributed by atoms with Crippen LogP contribution in [0.3, 0.4) is 0 Å². The van der Waals surface area contributed by atoms with E-state index in [-0.39, 0.29) is 24.0 Å². The van der Waals surface area contributed by atoms with E-state index in [2.05, 4.69) is 35.4 Å². The summed E-state index contributed by atoms with van der Waals surface area (Å²) >= 11 is 0. The molecular weight excluding hydrogens is 277 g/mol. The predicted molar refractivity (Wildman–Crippen MR) is 68.5 cm³/mol. The third-order valence-corrected chi connectivity index (χ3v) is 1.21. The van der Waals surface area contributed by atoms with Gasteiger partial charge in [0.05, 0.1) is 0 Å². The van der Waals surface area contributed by atoms with E-state index in [0.29, 0.717) is 6.04 Å². The number of hydrogen-bond acceptors (Lipinski definition) is 1. The van der Waals surface area contributed by atoms with Gasteiger partial charge in [-0.1, -0.05) is 0 Å². The Labute approximate surface area is 97.8 Å². The highest BCUT2D eigenvalue weighted by Crippen LogP contribution is 1.78. The molecule has 4 heteroatoms. The van der Waals surface area contributed by atoms with E-state index in [1.807, 2.05) is 0 Å². The van der Waals surface area contributed by atoms with E-state index >= 15 is 0 Å². The molecule has 0 aromatic heterocycles. The molecule has 0 unspecified atom stereocenters. The van der Waals surface area contributed by atoms with Gasteiger partial charge in [0.2, 0.25) is 0 Å². The van der Waals surface area contributed by atoms with Crippen LogP contribution in [0.2, 0.25) is 0 Å². The monoisotopic (exact) mass is 295 g/mol. The average Bonchev–Trinajstić information content (AvgIpc) is 2.02. The van der Waals surface area contributed by atoms with Crippen LogP contribution in [0.4, 0.5) is 0 Å². The third kappa shape index (κ3) is 9.47. The normalized spacial score (nSPS) is 10.2. The van der Waals surface area contributed by atoms with Crippen molar-refractivity contribution in [3.05, 3.63) is 0 Å². The summed E-state index contributed by atoms with van der Waals surface area (Å²) < 4.78 is 0. The van der Waals surface area contributed by atoms with Crippen molar-refractivity contribution < 1.29 is 0 Å². The van der Waals surface area contributed by atoms with Crippen LogP contribution in [0.25, 0.3) is 0 Å². The van der Waals surface area contributed by atoms with Gasteiger partial charge in [0.1, 0.15) is 0 Å². The van der Waals surface area contributed by atoms with Gasteiger partial charge in [0, 0.05) is 26.1 Å². The van der Waals surface area contributed by atoms with Crippen molar-refractivity contribution in [3.63, 3.8) is 0 Å². The van der Waals surface area contributed by atoms with Crippen LogP contribution in [0.5, 0.6) is 0 Å². The van der Waals surface area contributed by atoms with Crippen LogP contribution in [0.15, 0.2) is 4.99 Å². The summed E-state index contributed by atoms with van der Waals surface area (Å²) in [6.45, 7) is 4.89. The van der Waals surface area contributed by atoms with Gasteiger partial charge in [-0.3, -0.25) is 4.99 Å². The minimum atomic E-state index is 0. The van der Waals surface area contributed by atoms with Gasteiger partial charge in [-0.25, -0.2) is 0 Å². The summed E-state index contributed by atoms with van der Waals surface area (Å²) in [5, 5.41) is 6.26. The summed E-state index contributed by atoms with van der Waals surface area (Å²) in [5.41, 5.74) is 0. The maximum Gasteiger partial charge on any atom is 0.191 e. The summed E-state index contributed by atoms with van der Waals surface area (Å²) in [6, 6.07) is 0.391. The van der Waals surface area contributed by atoms with E-state index in [9.17, 15) is 0 Å². The lowest BCUT2D eigenvalue weighted by atomic mass is 10.4. The zero-order chi connectivity index (χ0) is 9.40. The lowest BCUT2D eigenvalue weighted by Crippen LogP contribution is -2.41. The van der Waals surface area contributed by atoms with Crippen LogP contribution in [0.1, 0.15) is 20.3 Å².